The van der Waals surface area contributed by atoms with E-state index in [1.807, 2.05) is 25.1 Å². The van der Waals surface area contributed by atoms with Crippen LogP contribution in [0.4, 0.5) is 0 Å². The molecular formula is C13H13NO2. The Hall–Kier alpha value is -2.03. The number of ether oxygens (including phenoxy) is 1. The standard InChI is InChI=1S/C13H13NO2/c1-10-3-2-4-11(7-10)9-16-12-5-6-14-13(15)8-12/h2-8H,9H2,1H3,(H,14,15). The maximum Gasteiger partial charge on any atom is 0.251 e. The average Bonchev–Trinajstić information content (AvgIpc) is 2.27. The quantitative estimate of drug-likeness (QED) is 0.853. The van der Waals surface area contributed by atoms with Gasteiger partial charge < -0.3 is 9.72 Å². The SMILES string of the molecule is Cc1cccc(COc2cc[nH]c(=O)c2)c1. The topological polar surface area (TPSA) is 42.1 Å². The first-order valence-electron chi connectivity index (χ1n) is 5.11. The van der Waals surface area contributed by atoms with Gasteiger partial charge in [0.2, 0.25) is 0 Å². The highest BCUT2D eigenvalue weighted by atomic mass is 16.5. The summed E-state index contributed by atoms with van der Waals surface area (Å²) in [6.07, 6.45) is 1.58. The Labute approximate surface area is 93.7 Å². The molecule has 0 unspecified atom stereocenters. The van der Waals surface area contributed by atoms with Gasteiger partial charge in [-0.15, -0.1) is 0 Å². The number of aryl methyl sites for hydroxylation is 1. The summed E-state index contributed by atoms with van der Waals surface area (Å²) in [5.74, 6) is 0.588. The van der Waals surface area contributed by atoms with E-state index in [9.17, 15) is 4.79 Å². The van der Waals surface area contributed by atoms with Gasteiger partial charge in [-0.05, 0) is 18.6 Å². The molecule has 1 N–H and O–H groups in total. The molecule has 2 rings (SSSR count). The Morgan fingerprint density at radius 2 is 2.12 bits per heavy atom. The van der Waals surface area contributed by atoms with Crippen LogP contribution < -0.4 is 10.3 Å². The first-order valence-corrected chi connectivity index (χ1v) is 5.11. The number of pyridine rings is 1. The van der Waals surface area contributed by atoms with Crippen LogP contribution >= 0.6 is 0 Å². The van der Waals surface area contributed by atoms with E-state index in [0.29, 0.717) is 12.4 Å². The average molecular weight is 215 g/mol. The third kappa shape index (κ3) is 2.73. The molecule has 0 fully saturated rings. The number of benzene rings is 1. The number of H-pyrrole nitrogens is 1. The van der Waals surface area contributed by atoms with E-state index in [1.54, 1.807) is 12.3 Å². The van der Waals surface area contributed by atoms with Crippen LogP contribution in [-0.2, 0) is 6.61 Å². The first kappa shape index (κ1) is 10.5. The maximum atomic E-state index is 11.0. The molecule has 0 atom stereocenters. The number of hydrogen-bond acceptors (Lipinski definition) is 2. The van der Waals surface area contributed by atoms with Gasteiger partial charge in [-0.2, -0.15) is 0 Å². The summed E-state index contributed by atoms with van der Waals surface area (Å²) in [5, 5.41) is 0. The van der Waals surface area contributed by atoms with Crippen molar-refractivity contribution >= 4 is 0 Å². The Kier molecular flexibility index (Phi) is 3.05. The van der Waals surface area contributed by atoms with Gasteiger partial charge in [0.25, 0.3) is 5.56 Å². The molecule has 3 heteroatoms. The lowest BCUT2D eigenvalue weighted by Gasteiger charge is -2.05. The molecule has 0 aliphatic heterocycles. The number of aromatic nitrogens is 1. The summed E-state index contributed by atoms with van der Waals surface area (Å²) in [7, 11) is 0. The Bertz CT molecular complexity index is 531. The highest BCUT2D eigenvalue weighted by Gasteiger charge is 1.96. The van der Waals surface area contributed by atoms with Crippen LogP contribution in [0.3, 0.4) is 0 Å². The van der Waals surface area contributed by atoms with Crippen molar-refractivity contribution < 1.29 is 4.74 Å². The summed E-state index contributed by atoms with van der Waals surface area (Å²) in [5.41, 5.74) is 2.15. The molecule has 0 saturated heterocycles. The zero-order valence-electron chi connectivity index (χ0n) is 9.07. The lowest BCUT2D eigenvalue weighted by molar-refractivity contribution is 0.305. The number of nitrogens with one attached hydrogen (secondary N) is 1. The molecule has 0 bridgehead atoms. The van der Waals surface area contributed by atoms with Crippen LogP contribution in [0.1, 0.15) is 11.1 Å². The van der Waals surface area contributed by atoms with Gasteiger partial charge in [0.15, 0.2) is 0 Å². The molecule has 2 aromatic rings. The summed E-state index contributed by atoms with van der Waals surface area (Å²) in [6.45, 7) is 2.52. The van der Waals surface area contributed by atoms with Crippen molar-refractivity contribution in [3.8, 4) is 5.75 Å². The molecule has 1 heterocycles. The fourth-order valence-electron chi connectivity index (χ4n) is 1.48. The van der Waals surface area contributed by atoms with Crippen LogP contribution in [0.2, 0.25) is 0 Å². The molecule has 3 nitrogen and oxygen atoms in total. The lowest BCUT2D eigenvalue weighted by Crippen LogP contribution is -2.04. The van der Waals surface area contributed by atoms with Gasteiger partial charge >= 0.3 is 0 Å². The van der Waals surface area contributed by atoms with Gasteiger partial charge in [0.05, 0.1) is 0 Å². The summed E-state index contributed by atoms with van der Waals surface area (Å²) >= 11 is 0. The molecule has 0 amide bonds. The summed E-state index contributed by atoms with van der Waals surface area (Å²) < 4.78 is 5.51. The van der Waals surface area contributed by atoms with Crippen molar-refractivity contribution in [2.75, 3.05) is 0 Å². The lowest BCUT2D eigenvalue weighted by atomic mass is 10.1. The first-order chi connectivity index (χ1) is 7.74. The number of hydrogen-bond donors (Lipinski definition) is 1. The van der Waals surface area contributed by atoms with Crippen LogP contribution in [0.25, 0.3) is 0 Å². The van der Waals surface area contributed by atoms with Gasteiger partial charge in [-0.25, -0.2) is 0 Å². The Morgan fingerprint density at radius 3 is 2.88 bits per heavy atom. The van der Waals surface area contributed by atoms with Crippen molar-refractivity contribution in [2.45, 2.75) is 13.5 Å². The van der Waals surface area contributed by atoms with E-state index in [4.69, 9.17) is 4.74 Å². The van der Waals surface area contributed by atoms with Gasteiger partial charge in [0, 0.05) is 12.3 Å². The molecule has 82 valence electrons. The second kappa shape index (κ2) is 4.66. The van der Waals surface area contributed by atoms with E-state index in [1.165, 1.54) is 11.6 Å². The predicted molar refractivity (Wildman–Crippen MR) is 62.6 cm³/mol. The van der Waals surface area contributed by atoms with Crippen LogP contribution in [0.5, 0.6) is 5.75 Å². The van der Waals surface area contributed by atoms with E-state index in [2.05, 4.69) is 11.1 Å². The molecule has 0 saturated carbocycles. The van der Waals surface area contributed by atoms with Crippen LogP contribution in [-0.4, -0.2) is 4.98 Å². The van der Waals surface area contributed by atoms with Gasteiger partial charge in [-0.1, -0.05) is 29.8 Å². The highest BCUT2D eigenvalue weighted by molar-refractivity contribution is 5.23. The van der Waals surface area contributed by atoms with E-state index in [0.717, 1.165) is 5.56 Å². The molecule has 1 aromatic carbocycles. The second-order valence-electron chi connectivity index (χ2n) is 3.67. The number of aromatic amines is 1. The van der Waals surface area contributed by atoms with E-state index in [-0.39, 0.29) is 5.56 Å². The fourth-order valence-corrected chi connectivity index (χ4v) is 1.48. The molecule has 0 spiro atoms. The van der Waals surface area contributed by atoms with Gasteiger partial charge in [-0.3, -0.25) is 4.79 Å². The van der Waals surface area contributed by atoms with Crippen molar-refractivity contribution in [1.29, 1.82) is 0 Å². The Morgan fingerprint density at radius 1 is 1.25 bits per heavy atom. The zero-order chi connectivity index (χ0) is 11.4. The van der Waals surface area contributed by atoms with E-state index < -0.39 is 0 Å². The van der Waals surface area contributed by atoms with Crippen molar-refractivity contribution in [3.63, 3.8) is 0 Å². The third-order valence-electron chi connectivity index (χ3n) is 2.23. The number of rotatable bonds is 3. The minimum atomic E-state index is -0.151. The molecular weight excluding hydrogens is 202 g/mol. The van der Waals surface area contributed by atoms with Crippen molar-refractivity contribution in [3.05, 3.63) is 64.1 Å². The molecule has 0 aliphatic carbocycles. The minimum absolute atomic E-state index is 0.151. The third-order valence-corrected chi connectivity index (χ3v) is 2.23. The normalized spacial score (nSPS) is 10.1. The largest absolute Gasteiger partial charge is 0.489 e. The summed E-state index contributed by atoms with van der Waals surface area (Å²) in [4.78, 5) is 13.6. The van der Waals surface area contributed by atoms with E-state index >= 15 is 0 Å². The molecule has 1 aromatic heterocycles. The van der Waals surface area contributed by atoms with Crippen LogP contribution in [0, 0.1) is 6.92 Å². The minimum Gasteiger partial charge on any atom is -0.489 e. The molecule has 0 radical (unpaired) electrons. The maximum absolute atomic E-state index is 11.0. The zero-order valence-corrected chi connectivity index (χ0v) is 9.07. The summed E-state index contributed by atoms with van der Waals surface area (Å²) in [6, 6.07) is 11.3. The Balaban J connectivity index is 2.05. The van der Waals surface area contributed by atoms with Crippen LogP contribution in [0.15, 0.2) is 47.4 Å². The molecule has 16 heavy (non-hydrogen) atoms. The molecule has 0 aliphatic rings. The van der Waals surface area contributed by atoms with Crippen molar-refractivity contribution in [1.82, 2.24) is 4.98 Å². The smallest absolute Gasteiger partial charge is 0.251 e. The van der Waals surface area contributed by atoms with Crippen molar-refractivity contribution in [2.24, 2.45) is 0 Å². The highest BCUT2D eigenvalue weighted by Crippen LogP contribution is 2.10. The monoisotopic (exact) mass is 215 g/mol. The van der Waals surface area contributed by atoms with Gasteiger partial charge in [0.1, 0.15) is 12.4 Å². The second-order valence-corrected chi connectivity index (χ2v) is 3.67. The predicted octanol–water partition coefficient (Wildman–Crippen LogP) is 2.26. The fraction of sp³-hybridized carbons (Fsp3) is 0.154.